The standard InChI is InChI=1S/C13H18N6S.2ClH/c1-2-10(6-14-3-1)12-9-19(17-16-12)8-11-7-18-4-5-20-13(18)15-11;;/h7,9-10,14H,1-6,8H2;2*1H. The number of rotatable bonds is 3. The van der Waals surface area contributed by atoms with Gasteiger partial charge < -0.3 is 9.88 Å². The maximum atomic E-state index is 4.63. The lowest BCUT2D eigenvalue weighted by Gasteiger charge is -2.20. The van der Waals surface area contributed by atoms with Crippen LogP contribution in [-0.2, 0) is 13.1 Å². The van der Waals surface area contributed by atoms with Gasteiger partial charge in [0.2, 0.25) is 0 Å². The monoisotopic (exact) mass is 362 g/mol. The van der Waals surface area contributed by atoms with Crippen molar-refractivity contribution in [1.82, 2.24) is 29.9 Å². The fourth-order valence-corrected chi connectivity index (χ4v) is 3.85. The number of piperidine rings is 1. The van der Waals surface area contributed by atoms with Crippen molar-refractivity contribution in [2.75, 3.05) is 18.8 Å². The van der Waals surface area contributed by atoms with Crippen LogP contribution in [0.15, 0.2) is 17.6 Å². The molecule has 4 heterocycles. The zero-order valence-corrected chi connectivity index (χ0v) is 14.6. The predicted octanol–water partition coefficient (Wildman–Crippen LogP) is 1.94. The van der Waals surface area contributed by atoms with Crippen molar-refractivity contribution >= 4 is 36.6 Å². The van der Waals surface area contributed by atoms with Crippen LogP contribution in [0.3, 0.4) is 0 Å². The summed E-state index contributed by atoms with van der Waals surface area (Å²) in [6, 6.07) is 0. The lowest BCUT2D eigenvalue weighted by Crippen LogP contribution is -2.28. The maximum Gasteiger partial charge on any atom is 0.168 e. The number of hydrogen-bond acceptors (Lipinski definition) is 5. The molecular weight excluding hydrogens is 343 g/mol. The molecule has 0 spiro atoms. The largest absolute Gasteiger partial charge is 0.325 e. The molecule has 122 valence electrons. The summed E-state index contributed by atoms with van der Waals surface area (Å²) in [7, 11) is 0. The molecule has 1 saturated heterocycles. The lowest BCUT2D eigenvalue weighted by molar-refractivity contribution is 0.454. The van der Waals surface area contributed by atoms with Gasteiger partial charge in [0.1, 0.15) is 0 Å². The van der Waals surface area contributed by atoms with E-state index in [-0.39, 0.29) is 24.8 Å². The van der Waals surface area contributed by atoms with E-state index in [1.165, 1.54) is 12.8 Å². The molecule has 9 heteroatoms. The molecule has 6 nitrogen and oxygen atoms in total. The predicted molar refractivity (Wildman–Crippen MR) is 91.4 cm³/mol. The Balaban J connectivity index is 0.000000882. The van der Waals surface area contributed by atoms with Crippen molar-refractivity contribution in [3.05, 3.63) is 23.8 Å². The molecule has 0 amide bonds. The number of imidazole rings is 1. The van der Waals surface area contributed by atoms with Gasteiger partial charge in [0.25, 0.3) is 0 Å². The molecule has 4 rings (SSSR count). The molecular formula is C13H20Cl2N6S. The summed E-state index contributed by atoms with van der Waals surface area (Å²) in [5.74, 6) is 1.66. The van der Waals surface area contributed by atoms with Crippen molar-refractivity contribution in [2.24, 2.45) is 0 Å². The van der Waals surface area contributed by atoms with E-state index in [0.717, 1.165) is 41.9 Å². The number of nitrogens with zero attached hydrogens (tertiary/aromatic N) is 5. The number of thioether (sulfide) groups is 1. The molecule has 2 aromatic rings. The summed E-state index contributed by atoms with van der Waals surface area (Å²) in [6.45, 7) is 3.94. The summed E-state index contributed by atoms with van der Waals surface area (Å²) in [6.07, 6.45) is 6.65. The van der Waals surface area contributed by atoms with Crippen LogP contribution >= 0.6 is 36.6 Å². The zero-order valence-electron chi connectivity index (χ0n) is 12.1. The Morgan fingerprint density at radius 2 is 2.23 bits per heavy atom. The summed E-state index contributed by atoms with van der Waals surface area (Å²) in [4.78, 5) is 4.63. The van der Waals surface area contributed by atoms with E-state index < -0.39 is 0 Å². The fraction of sp³-hybridized carbons (Fsp3) is 0.615. The fourth-order valence-electron chi connectivity index (χ4n) is 2.89. The van der Waals surface area contributed by atoms with Gasteiger partial charge in [-0.25, -0.2) is 9.67 Å². The number of fused-ring (bicyclic) bond motifs is 1. The van der Waals surface area contributed by atoms with Gasteiger partial charge in [0.15, 0.2) is 5.16 Å². The Kier molecular flexibility index (Phi) is 6.14. The summed E-state index contributed by atoms with van der Waals surface area (Å²) >= 11 is 1.83. The lowest BCUT2D eigenvalue weighted by atomic mass is 9.97. The average molecular weight is 363 g/mol. The molecule has 0 radical (unpaired) electrons. The number of hydrogen-bond donors (Lipinski definition) is 1. The molecule has 2 aliphatic rings. The molecule has 1 unspecified atom stereocenters. The zero-order chi connectivity index (χ0) is 13.4. The Bertz CT molecular complexity index is 586. The molecule has 1 fully saturated rings. The summed E-state index contributed by atoms with van der Waals surface area (Å²) in [5.41, 5.74) is 2.18. The second-order valence-electron chi connectivity index (χ2n) is 5.44. The van der Waals surface area contributed by atoms with Crippen LogP contribution in [0.4, 0.5) is 0 Å². The van der Waals surface area contributed by atoms with E-state index in [0.29, 0.717) is 12.5 Å². The summed E-state index contributed by atoms with van der Waals surface area (Å²) < 4.78 is 4.13. The van der Waals surface area contributed by atoms with Crippen molar-refractivity contribution < 1.29 is 0 Å². The van der Waals surface area contributed by atoms with Crippen LogP contribution in [0.1, 0.15) is 30.1 Å². The Morgan fingerprint density at radius 3 is 3.00 bits per heavy atom. The van der Waals surface area contributed by atoms with Gasteiger partial charge in [0.05, 0.1) is 17.9 Å². The highest BCUT2D eigenvalue weighted by atomic mass is 35.5. The van der Waals surface area contributed by atoms with Crippen LogP contribution in [0.2, 0.25) is 0 Å². The van der Waals surface area contributed by atoms with E-state index in [1.807, 2.05) is 16.4 Å². The number of aryl methyl sites for hydroxylation is 1. The normalized spacial score (nSPS) is 20.1. The van der Waals surface area contributed by atoms with Gasteiger partial charge in [-0.05, 0) is 19.4 Å². The number of nitrogens with one attached hydrogen (secondary N) is 1. The minimum atomic E-state index is 0. The quantitative estimate of drug-likeness (QED) is 0.903. The average Bonchev–Trinajstić information content (AvgIpc) is 3.16. The number of aromatic nitrogens is 5. The third-order valence-corrected chi connectivity index (χ3v) is 4.92. The molecule has 2 aromatic heterocycles. The number of halogens is 2. The van der Waals surface area contributed by atoms with Crippen molar-refractivity contribution in [3.63, 3.8) is 0 Å². The van der Waals surface area contributed by atoms with Gasteiger partial charge in [-0.3, -0.25) is 0 Å². The van der Waals surface area contributed by atoms with Gasteiger partial charge >= 0.3 is 0 Å². The summed E-state index contributed by atoms with van der Waals surface area (Å²) in [5, 5.41) is 13.1. The molecule has 2 aliphatic heterocycles. The first-order valence-corrected chi connectivity index (χ1v) is 8.16. The highest BCUT2D eigenvalue weighted by Gasteiger charge is 2.19. The van der Waals surface area contributed by atoms with Crippen LogP contribution in [0, 0.1) is 0 Å². The van der Waals surface area contributed by atoms with Crippen molar-refractivity contribution in [1.29, 1.82) is 0 Å². The third-order valence-electron chi connectivity index (χ3n) is 3.95. The smallest absolute Gasteiger partial charge is 0.168 e. The van der Waals surface area contributed by atoms with Crippen LogP contribution in [-0.4, -0.2) is 43.4 Å². The van der Waals surface area contributed by atoms with E-state index in [9.17, 15) is 0 Å². The SMILES string of the molecule is Cl.Cl.c1c(C2CCCNC2)nnn1Cc1cn2c(n1)SCC2. The highest BCUT2D eigenvalue weighted by molar-refractivity contribution is 7.99. The minimum Gasteiger partial charge on any atom is -0.325 e. The van der Waals surface area contributed by atoms with E-state index >= 15 is 0 Å². The first kappa shape index (κ1) is 17.6. The molecule has 1 N–H and O–H groups in total. The Labute approximate surface area is 146 Å². The highest BCUT2D eigenvalue weighted by Crippen LogP contribution is 2.25. The topological polar surface area (TPSA) is 60.6 Å². The Morgan fingerprint density at radius 1 is 1.32 bits per heavy atom. The molecule has 0 aliphatic carbocycles. The van der Waals surface area contributed by atoms with Gasteiger partial charge in [-0.1, -0.05) is 17.0 Å². The van der Waals surface area contributed by atoms with Gasteiger partial charge in [-0.15, -0.1) is 29.9 Å². The molecule has 0 aromatic carbocycles. The third kappa shape index (κ3) is 3.59. The second kappa shape index (κ2) is 7.68. The van der Waals surface area contributed by atoms with Crippen molar-refractivity contribution in [3.8, 4) is 0 Å². The van der Waals surface area contributed by atoms with Crippen LogP contribution < -0.4 is 5.32 Å². The van der Waals surface area contributed by atoms with Gasteiger partial charge in [-0.2, -0.15) is 0 Å². The maximum absolute atomic E-state index is 4.63. The van der Waals surface area contributed by atoms with E-state index in [1.54, 1.807) is 0 Å². The Hall–Kier alpha value is -0.760. The van der Waals surface area contributed by atoms with Gasteiger partial charge in [0, 0.05) is 37.2 Å². The molecule has 1 atom stereocenters. The molecule has 0 saturated carbocycles. The molecule has 22 heavy (non-hydrogen) atoms. The van der Waals surface area contributed by atoms with E-state index in [2.05, 4.69) is 37.6 Å². The van der Waals surface area contributed by atoms with Crippen LogP contribution in [0.25, 0.3) is 0 Å². The first-order valence-electron chi connectivity index (χ1n) is 7.18. The minimum absolute atomic E-state index is 0. The van der Waals surface area contributed by atoms with Crippen molar-refractivity contribution in [2.45, 2.75) is 37.0 Å². The van der Waals surface area contributed by atoms with E-state index in [4.69, 9.17) is 0 Å². The first-order chi connectivity index (χ1) is 9.88. The molecule has 0 bridgehead atoms. The van der Waals surface area contributed by atoms with Crippen LogP contribution in [0.5, 0.6) is 0 Å². The second-order valence-corrected chi connectivity index (χ2v) is 6.50.